The number of benzene rings is 1. The van der Waals surface area contributed by atoms with Gasteiger partial charge in [0.15, 0.2) is 0 Å². The molecule has 6 rings (SSSR count). The molecule has 2 aliphatic carbocycles. The van der Waals surface area contributed by atoms with E-state index in [-0.39, 0.29) is 10.7 Å². The molecule has 0 aliphatic heterocycles. The van der Waals surface area contributed by atoms with Crippen molar-refractivity contribution < 1.29 is 17.6 Å². The van der Waals surface area contributed by atoms with Crippen molar-refractivity contribution in [3.63, 3.8) is 0 Å². The average molecular weight is 473 g/mol. The van der Waals surface area contributed by atoms with Crippen LogP contribution in [0.1, 0.15) is 15.3 Å². The SMILES string of the molecule is FC1=CC(c2cccs2)(c2c3csc2-c2cccc(F)c2-3)C=C(F)C1(F)c1cccs1. The molecule has 3 aromatic heterocycles. The van der Waals surface area contributed by atoms with E-state index in [1.54, 1.807) is 41.1 Å². The zero-order chi connectivity index (χ0) is 21.4. The van der Waals surface area contributed by atoms with E-state index in [4.69, 9.17) is 0 Å². The van der Waals surface area contributed by atoms with Gasteiger partial charge in [-0.1, -0.05) is 24.3 Å². The van der Waals surface area contributed by atoms with E-state index in [0.717, 1.165) is 16.2 Å². The molecule has 3 heterocycles. The van der Waals surface area contributed by atoms with Crippen LogP contribution in [0, 0.1) is 5.82 Å². The van der Waals surface area contributed by atoms with Crippen molar-refractivity contribution in [3.8, 4) is 21.6 Å². The second-order valence-electron chi connectivity index (χ2n) is 7.48. The summed E-state index contributed by atoms with van der Waals surface area (Å²) in [6, 6.07) is 11.3. The van der Waals surface area contributed by atoms with Crippen molar-refractivity contribution in [2.24, 2.45) is 0 Å². The molecule has 0 amide bonds. The van der Waals surface area contributed by atoms with Gasteiger partial charge in [0, 0.05) is 26.4 Å². The molecule has 0 unspecified atom stereocenters. The largest absolute Gasteiger partial charge is 0.246 e. The summed E-state index contributed by atoms with van der Waals surface area (Å²) < 4.78 is 61.6. The van der Waals surface area contributed by atoms with Crippen molar-refractivity contribution in [2.75, 3.05) is 0 Å². The molecule has 0 radical (unpaired) electrons. The highest BCUT2D eigenvalue weighted by molar-refractivity contribution is 7.15. The van der Waals surface area contributed by atoms with E-state index in [0.29, 0.717) is 27.1 Å². The first kappa shape index (κ1) is 19.2. The molecule has 0 nitrogen and oxygen atoms in total. The quantitative estimate of drug-likeness (QED) is 0.231. The molecule has 0 saturated heterocycles. The normalized spacial score (nSPS) is 24.1. The van der Waals surface area contributed by atoms with Crippen LogP contribution >= 0.6 is 34.0 Å². The highest BCUT2D eigenvalue weighted by Gasteiger charge is 2.53. The van der Waals surface area contributed by atoms with Gasteiger partial charge in [-0.3, -0.25) is 0 Å². The molecule has 0 saturated carbocycles. The maximum Gasteiger partial charge on any atom is 0.246 e. The monoisotopic (exact) mass is 472 g/mol. The number of allylic oxidation sites excluding steroid dienone is 4. The second-order valence-corrected chi connectivity index (χ2v) is 10.3. The minimum atomic E-state index is -2.95. The van der Waals surface area contributed by atoms with Gasteiger partial charge >= 0.3 is 0 Å². The van der Waals surface area contributed by atoms with E-state index >= 15 is 13.2 Å². The Hall–Kier alpha value is -2.48. The second kappa shape index (κ2) is 6.51. The van der Waals surface area contributed by atoms with Gasteiger partial charge in [-0.25, -0.2) is 17.6 Å². The number of thiophene rings is 3. The lowest BCUT2D eigenvalue weighted by atomic mass is 9.72. The Bertz CT molecular complexity index is 1350. The molecule has 2 aliphatic rings. The maximum absolute atomic E-state index is 15.8. The third-order valence-electron chi connectivity index (χ3n) is 5.89. The van der Waals surface area contributed by atoms with E-state index in [1.165, 1.54) is 47.0 Å². The summed E-state index contributed by atoms with van der Waals surface area (Å²) in [7, 11) is 0. The topological polar surface area (TPSA) is 0 Å². The van der Waals surface area contributed by atoms with Crippen molar-refractivity contribution in [1.82, 2.24) is 0 Å². The Kier molecular flexibility index (Phi) is 4.04. The highest BCUT2D eigenvalue weighted by atomic mass is 32.1. The molecule has 31 heavy (non-hydrogen) atoms. The van der Waals surface area contributed by atoms with Gasteiger partial charge in [-0.15, -0.1) is 34.0 Å². The fraction of sp³-hybridized carbons (Fsp3) is 0.0833. The Labute approximate surface area is 187 Å². The summed E-state index contributed by atoms with van der Waals surface area (Å²) in [5, 5.41) is 5.20. The van der Waals surface area contributed by atoms with Gasteiger partial charge in [0.2, 0.25) is 5.67 Å². The van der Waals surface area contributed by atoms with Crippen LogP contribution in [0.15, 0.2) is 82.4 Å². The summed E-state index contributed by atoms with van der Waals surface area (Å²) in [5.41, 5.74) is -2.00. The zero-order valence-corrected chi connectivity index (χ0v) is 18.1. The van der Waals surface area contributed by atoms with Crippen LogP contribution < -0.4 is 0 Å². The Morgan fingerprint density at radius 2 is 1.39 bits per heavy atom. The molecule has 0 N–H and O–H groups in total. The first-order valence-electron chi connectivity index (χ1n) is 9.42. The summed E-state index contributed by atoms with van der Waals surface area (Å²) in [5.74, 6) is -2.78. The lowest BCUT2D eigenvalue weighted by Gasteiger charge is -2.35. The van der Waals surface area contributed by atoms with E-state index in [9.17, 15) is 4.39 Å². The Morgan fingerprint density at radius 3 is 2.00 bits per heavy atom. The van der Waals surface area contributed by atoms with Crippen LogP contribution in [0.5, 0.6) is 0 Å². The summed E-state index contributed by atoms with van der Waals surface area (Å²) in [6.07, 6.45) is 2.33. The minimum Gasteiger partial charge on any atom is -0.222 e. The maximum atomic E-state index is 15.8. The van der Waals surface area contributed by atoms with Gasteiger partial charge in [-0.2, -0.15) is 0 Å². The molecule has 154 valence electrons. The first-order valence-corrected chi connectivity index (χ1v) is 12.1. The average Bonchev–Trinajstić information content (AvgIpc) is 3.56. The molecular formula is C24H12F4S3. The third kappa shape index (κ3) is 2.39. The first-order chi connectivity index (χ1) is 15.0. The van der Waals surface area contributed by atoms with E-state index in [1.807, 2.05) is 5.38 Å². The van der Waals surface area contributed by atoms with E-state index < -0.39 is 22.7 Å². The smallest absolute Gasteiger partial charge is 0.222 e. The van der Waals surface area contributed by atoms with Gasteiger partial charge < -0.3 is 0 Å². The standard InChI is InChI=1S/C24H12F4S3/c25-15-5-1-4-13-20(15)14-12-31-22(13)21(14)23(18-6-2-8-29-18)10-16(26)24(28,17(27)11-23)19-7-3-9-30-19/h1-12H. The number of alkyl halides is 1. The Morgan fingerprint density at radius 1 is 0.710 bits per heavy atom. The van der Waals surface area contributed by atoms with Crippen LogP contribution in [-0.4, -0.2) is 0 Å². The molecule has 0 atom stereocenters. The molecule has 0 spiro atoms. The summed E-state index contributed by atoms with van der Waals surface area (Å²) >= 11 is 3.69. The molecule has 2 bridgehead atoms. The van der Waals surface area contributed by atoms with Crippen LogP contribution in [0.3, 0.4) is 0 Å². The lowest BCUT2D eigenvalue weighted by molar-refractivity contribution is 0.180. The van der Waals surface area contributed by atoms with E-state index in [2.05, 4.69) is 0 Å². The fourth-order valence-corrected chi connectivity index (χ4v) is 7.39. The van der Waals surface area contributed by atoms with Crippen molar-refractivity contribution in [1.29, 1.82) is 0 Å². The van der Waals surface area contributed by atoms with Crippen molar-refractivity contribution in [3.05, 3.63) is 104 Å². The van der Waals surface area contributed by atoms with Crippen LogP contribution in [-0.2, 0) is 11.1 Å². The fourth-order valence-electron chi connectivity index (χ4n) is 4.53. The number of hydrogen-bond donors (Lipinski definition) is 0. The van der Waals surface area contributed by atoms with Gasteiger partial charge in [0.1, 0.15) is 17.5 Å². The lowest BCUT2D eigenvalue weighted by Crippen LogP contribution is -2.33. The zero-order valence-electron chi connectivity index (χ0n) is 15.7. The number of halogens is 4. The van der Waals surface area contributed by atoms with Crippen molar-refractivity contribution >= 4 is 34.0 Å². The third-order valence-corrected chi connectivity index (χ3v) is 8.89. The number of fused-ring (bicyclic) bond motifs is 5. The number of hydrogen-bond acceptors (Lipinski definition) is 3. The predicted molar refractivity (Wildman–Crippen MR) is 119 cm³/mol. The van der Waals surface area contributed by atoms with Crippen molar-refractivity contribution in [2.45, 2.75) is 11.1 Å². The molecule has 4 aromatic rings. The van der Waals surface area contributed by atoms with Gasteiger partial charge in [-0.05, 0) is 52.1 Å². The van der Waals surface area contributed by atoms with Gasteiger partial charge in [0.05, 0.1) is 10.3 Å². The molecular weight excluding hydrogens is 460 g/mol. The predicted octanol–water partition coefficient (Wildman–Crippen LogP) is 8.53. The minimum absolute atomic E-state index is 0.0512. The van der Waals surface area contributed by atoms with Crippen LogP contribution in [0.2, 0.25) is 0 Å². The summed E-state index contributed by atoms with van der Waals surface area (Å²) in [4.78, 5) is 1.33. The van der Waals surface area contributed by atoms with Crippen LogP contribution in [0.25, 0.3) is 21.6 Å². The summed E-state index contributed by atoms with van der Waals surface area (Å²) in [6.45, 7) is 0. The molecule has 1 aromatic carbocycles. The Balaban J connectivity index is 1.65. The van der Waals surface area contributed by atoms with Gasteiger partial charge in [0.25, 0.3) is 0 Å². The molecule has 0 fully saturated rings. The van der Waals surface area contributed by atoms with Crippen LogP contribution in [0.4, 0.5) is 17.6 Å². The number of rotatable bonds is 3. The highest BCUT2D eigenvalue weighted by Crippen LogP contribution is 2.61. The molecule has 7 heteroatoms.